The maximum Gasteiger partial charge on any atom is 0.335 e. The predicted molar refractivity (Wildman–Crippen MR) is 87.2 cm³/mol. The normalized spacial score (nSPS) is 15.5. The third-order valence-electron chi connectivity index (χ3n) is 4.02. The molecule has 0 saturated heterocycles. The van der Waals surface area contributed by atoms with Crippen molar-refractivity contribution in [2.75, 3.05) is 0 Å². The summed E-state index contributed by atoms with van der Waals surface area (Å²) in [5, 5.41) is 13.4. The Hall–Kier alpha value is -1.84. The van der Waals surface area contributed by atoms with Gasteiger partial charge in [0.2, 0.25) is 0 Å². The Bertz CT molecular complexity index is 665. The summed E-state index contributed by atoms with van der Waals surface area (Å²) in [5.74, 6) is -0.234. The van der Waals surface area contributed by atoms with Gasteiger partial charge >= 0.3 is 5.97 Å². The van der Waals surface area contributed by atoms with Gasteiger partial charge in [0.15, 0.2) is 0 Å². The van der Waals surface area contributed by atoms with E-state index in [2.05, 4.69) is 17.4 Å². The van der Waals surface area contributed by atoms with Crippen LogP contribution in [0.1, 0.15) is 40.4 Å². The molecular weight excluding hydrogens is 298 g/mol. The standard InChI is InChI=1S/C18H18ClNO2/c19-16-8-6-14(7-9-16)17(13-4-5-13)20-11-12-2-1-3-15(10-12)18(21)22/h1-3,6-10,13,17,20H,4-5,11H2,(H,21,22). The third kappa shape index (κ3) is 3.67. The average Bonchev–Trinajstić information content (AvgIpc) is 3.34. The minimum Gasteiger partial charge on any atom is -0.478 e. The van der Waals surface area contributed by atoms with Crippen LogP contribution in [0.15, 0.2) is 48.5 Å². The molecule has 1 atom stereocenters. The minimum atomic E-state index is -0.890. The molecule has 3 nitrogen and oxygen atoms in total. The number of carboxylic acids is 1. The Labute approximate surface area is 134 Å². The highest BCUT2D eigenvalue weighted by atomic mass is 35.5. The molecule has 2 aromatic carbocycles. The first-order valence-electron chi connectivity index (χ1n) is 7.44. The highest BCUT2D eigenvalue weighted by Crippen LogP contribution is 2.41. The van der Waals surface area contributed by atoms with Gasteiger partial charge in [-0.05, 0) is 54.2 Å². The molecule has 0 heterocycles. The first kappa shape index (κ1) is 15.1. The maximum absolute atomic E-state index is 11.0. The van der Waals surface area contributed by atoms with Gasteiger partial charge < -0.3 is 10.4 Å². The molecule has 1 fully saturated rings. The van der Waals surface area contributed by atoms with Crippen LogP contribution in [-0.2, 0) is 6.54 Å². The van der Waals surface area contributed by atoms with Gasteiger partial charge in [0.25, 0.3) is 0 Å². The number of hydrogen-bond donors (Lipinski definition) is 2. The van der Waals surface area contributed by atoms with E-state index < -0.39 is 5.97 Å². The van der Waals surface area contributed by atoms with Crippen LogP contribution in [0.4, 0.5) is 0 Å². The molecule has 1 aliphatic carbocycles. The highest BCUT2D eigenvalue weighted by molar-refractivity contribution is 6.30. The van der Waals surface area contributed by atoms with Gasteiger partial charge in [-0.1, -0.05) is 35.9 Å². The summed E-state index contributed by atoms with van der Waals surface area (Å²) in [4.78, 5) is 11.0. The number of hydrogen-bond acceptors (Lipinski definition) is 2. The van der Waals surface area contributed by atoms with E-state index in [9.17, 15) is 4.79 Å². The molecule has 0 aliphatic heterocycles. The summed E-state index contributed by atoms with van der Waals surface area (Å²) in [6.45, 7) is 0.658. The summed E-state index contributed by atoms with van der Waals surface area (Å²) in [7, 11) is 0. The summed E-state index contributed by atoms with van der Waals surface area (Å²) < 4.78 is 0. The van der Waals surface area contributed by atoms with Gasteiger partial charge in [-0.15, -0.1) is 0 Å². The van der Waals surface area contributed by atoms with Crippen LogP contribution in [0.25, 0.3) is 0 Å². The quantitative estimate of drug-likeness (QED) is 0.836. The van der Waals surface area contributed by atoms with Gasteiger partial charge in [-0.25, -0.2) is 4.79 Å². The summed E-state index contributed by atoms with van der Waals surface area (Å²) in [6, 6.07) is 15.3. The topological polar surface area (TPSA) is 49.3 Å². The van der Waals surface area contributed by atoms with Crippen molar-refractivity contribution < 1.29 is 9.90 Å². The molecule has 1 saturated carbocycles. The highest BCUT2D eigenvalue weighted by Gasteiger charge is 2.31. The monoisotopic (exact) mass is 315 g/mol. The average molecular weight is 316 g/mol. The number of nitrogens with one attached hydrogen (secondary N) is 1. The molecule has 0 spiro atoms. The van der Waals surface area contributed by atoms with Gasteiger partial charge in [0.05, 0.1) is 5.56 Å². The smallest absolute Gasteiger partial charge is 0.335 e. The Balaban J connectivity index is 1.71. The van der Waals surface area contributed by atoms with Gasteiger partial charge in [-0.3, -0.25) is 0 Å². The van der Waals surface area contributed by atoms with Crippen LogP contribution in [-0.4, -0.2) is 11.1 Å². The van der Waals surface area contributed by atoms with Crippen molar-refractivity contribution in [3.05, 3.63) is 70.2 Å². The number of rotatable bonds is 6. The predicted octanol–water partition coefficient (Wildman–Crippen LogP) is 4.28. The molecule has 4 heteroatoms. The lowest BCUT2D eigenvalue weighted by molar-refractivity contribution is 0.0696. The molecule has 22 heavy (non-hydrogen) atoms. The Kier molecular flexibility index (Phi) is 4.46. The first-order valence-corrected chi connectivity index (χ1v) is 7.82. The molecule has 3 rings (SSSR count). The maximum atomic E-state index is 11.0. The van der Waals surface area contributed by atoms with Crippen LogP contribution in [0.5, 0.6) is 0 Å². The van der Waals surface area contributed by atoms with Crippen molar-refractivity contribution in [2.45, 2.75) is 25.4 Å². The van der Waals surface area contributed by atoms with Crippen LogP contribution >= 0.6 is 11.6 Å². The van der Waals surface area contributed by atoms with E-state index in [1.165, 1.54) is 18.4 Å². The summed E-state index contributed by atoms with van der Waals surface area (Å²) in [5.41, 5.74) is 2.55. The minimum absolute atomic E-state index is 0.297. The van der Waals surface area contributed by atoms with Crippen LogP contribution in [0, 0.1) is 5.92 Å². The van der Waals surface area contributed by atoms with Crippen molar-refractivity contribution in [2.24, 2.45) is 5.92 Å². The van der Waals surface area contributed by atoms with E-state index in [0.29, 0.717) is 24.1 Å². The lowest BCUT2D eigenvalue weighted by Crippen LogP contribution is -2.22. The third-order valence-corrected chi connectivity index (χ3v) is 4.27. The molecule has 0 amide bonds. The largest absolute Gasteiger partial charge is 0.478 e. The zero-order valence-corrected chi connectivity index (χ0v) is 12.9. The van der Waals surface area contributed by atoms with Crippen molar-refractivity contribution in [3.63, 3.8) is 0 Å². The Morgan fingerprint density at radius 2 is 1.95 bits per heavy atom. The Morgan fingerprint density at radius 1 is 1.23 bits per heavy atom. The first-order chi connectivity index (χ1) is 10.6. The number of aromatic carboxylic acids is 1. The molecule has 2 aromatic rings. The van der Waals surface area contributed by atoms with E-state index in [-0.39, 0.29) is 0 Å². The SMILES string of the molecule is O=C(O)c1cccc(CNC(c2ccc(Cl)cc2)C2CC2)c1. The van der Waals surface area contributed by atoms with E-state index >= 15 is 0 Å². The molecule has 1 aliphatic rings. The van der Waals surface area contributed by atoms with Gasteiger partial charge in [0, 0.05) is 17.6 Å². The van der Waals surface area contributed by atoms with Crippen molar-refractivity contribution in [1.82, 2.24) is 5.32 Å². The Morgan fingerprint density at radius 3 is 2.59 bits per heavy atom. The van der Waals surface area contributed by atoms with Crippen LogP contribution in [0.3, 0.4) is 0 Å². The van der Waals surface area contributed by atoms with Crippen LogP contribution in [0.2, 0.25) is 5.02 Å². The molecule has 114 valence electrons. The van der Waals surface area contributed by atoms with Gasteiger partial charge in [0.1, 0.15) is 0 Å². The second kappa shape index (κ2) is 6.51. The lowest BCUT2D eigenvalue weighted by Gasteiger charge is -2.19. The van der Waals surface area contributed by atoms with Crippen molar-refractivity contribution in [1.29, 1.82) is 0 Å². The van der Waals surface area contributed by atoms with Crippen molar-refractivity contribution >= 4 is 17.6 Å². The molecule has 0 aromatic heterocycles. The number of benzene rings is 2. The lowest BCUT2D eigenvalue weighted by atomic mass is 10.0. The van der Waals surface area contributed by atoms with E-state index in [4.69, 9.17) is 16.7 Å². The molecule has 0 radical (unpaired) electrons. The van der Waals surface area contributed by atoms with Crippen molar-refractivity contribution in [3.8, 4) is 0 Å². The fraction of sp³-hybridized carbons (Fsp3) is 0.278. The summed E-state index contributed by atoms with van der Waals surface area (Å²) >= 11 is 5.96. The van der Waals surface area contributed by atoms with Gasteiger partial charge in [-0.2, -0.15) is 0 Å². The number of carbonyl (C=O) groups is 1. The van der Waals surface area contributed by atoms with E-state index in [1.807, 2.05) is 18.2 Å². The summed E-state index contributed by atoms with van der Waals surface area (Å²) in [6.07, 6.45) is 2.46. The van der Waals surface area contributed by atoms with E-state index in [1.54, 1.807) is 18.2 Å². The number of halogens is 1. The fourth-order valence-corrected chi connectivity index (χ4v) is 2.82. The zero-order valence-electron chi connectivity index (χ0n) is 12.1. The molecule has 1 unspecified atom stereocenters. The fourth-order valence-electron chi connectivity index (χ4n) is 2.70. The molecule has 0 bridgehead atoms. The zero-order chi connectivity index (χ0) is 15.5. The molecular formula is C18H18ClNO2. The second-order valence-electron chi connectivity index (χ2n) is 5.75. The molecule has 2 N–H and O–H groups in total. The number of carboxylic acid groups (broad SMARTS) is 1. The van der Waals surface area contributed by atoms with Crippen LogP contribution < -0.4 is 5.32 Å². The second-order valence-corrected chi connectivity index (χ2v) is 6.19. The van der Waals surface area contributed by atoms with E-state index in [0.717, 1.165) is 10.6 Å².